The normalized spacial score (nSPS) is 18.6. The summed E-state index contributed by atoms with van der Waals surface area (Å²) in [6, 6.07) is 4.31. The number of piperidine rings is 1. The number of amides is 1. The van der Waals surface area contributed by atoms with Gasteiger partial charge in [0.15, 0.2) is 0 Å². The SMILES string of the molecule is CCC(C)(C)n1cc(C(=O)NCC#Cc2nn3c(N[C@@H]4CCN(C)C[C@@H]4F)cccc3c2CC(F)(F)F)cn1. The van der Waals surface area contributed by atoms with Gasteiger partial charge in [0.1, 0.15) is 17.7 Å². The predicted molar refractivity (Wildman–Crippen MR) is 140 cm³/mol. The number of aromatic nitrogens is 4. The molecule has 1 fully saturated rings. The van der Waals surface area contributed by atoms with Crippen LogP contribution in [0.2, 0.25) is 0 Å². The van der Waals surface area contributed by atoms with E-state index in [1.165, 1.54) is 16.8 Å². The van der Waals surface area contributed by atoms with E-state index in [4.69, 9.17) is 0 Å². The third-order valence-electron chi connectivity index (χ3n) is 7.09. The number of pyridine rings is 1. The Morgan fingerprint density at radius 2 is 2.03 bits per heavy atom. The summed E-state index contributed by atoms with van der Waals surface area (Å²) in [5.41, 5.74) is 0.226. The zero-order valence-corrected chi connectivity index (χ0v) is 22.4. The third kappa shape index (κ3) is 6.71. The first-order valence-electron chi connectivity index (χ1n) is 12.9. The van der Waals surface area contributed by atoms with Gasteiger partial charge >= 0.3 is 6.18 Å². The number of fused-ring (bicyclic) bond motifs is 1. The Kier molecular flexibility index (Phi) is 8.20. The smallest absolute Gasteiger partial charge is 0.364 e. The summed E-state index contributed by atoms with van der Waals surface area (Å²) >= 11 is 0. The van der Waals surface area contributed by atoms with Crippen LogP contribution in [-0.4, -0.2) is 75.3 Å². The maximum Gasteiger partial charge on any atom is 0.393 e. The quantitative estimate of drug-likeness (QED) is 0.345. The second-order valence-corrected chi connectivity index (χ2v) is 10.5. The maximum atomic E-state index is 14.6. The molecule has 0 aromatic carbocycles. The summed E-state index contributed by atoms with van der Waals surface area (Å²) in [4.78, 5) is 14.4. The first-order valence-corrected chi connectivity index (χ1v) is 12.9. The predicted octanol–water partition coefficient (Wildman–Crippen LogP) is 4.02. The molecule has 2 N–H and O–H groups in total. The molecule has 1 aliphatic rings. The zero-order valence-electron chi connectivity index (χ0n) is 22.4. The molecule has 1 aliphatic heterocycles. The van der Waals surface area contributed by atoms with Gasteiger partial charge in [-0.1, -0.05) is 18.9 Å². The van der Waals surface area contributed by atoms with Crippen LogP contribution in [-0.2, 0) is 12.0 Å². The molecule has 210 valence electrons. The summed E-state index contributed by atoms with van der Waals surface area (Å²) in [5, 5.41) is 14.4. The van der Waals surface area contributed by atoms with E-state index in [0.29, 0.717) is 24.3 Å². The molecule has 0 saturated carbocycles. The van der Waals surface area contributed by atoms with Crippen LogP contribution in [0.5, 0.6) is 0 Å². The topological polar surface area (TPSA) is 79.5 Å². The van der Waals surface area contributed by atoms with E-state index in [1.54, 1.807) is 23.0 Å². The average Bonchev–Trinajstić information content (AvgIpc) is 3.50. The fourth-order valence-electron chi connectivity index (χ4n) is 4.40. The fraction of sp³-hybridized carbons (Fsp3) is 0.519. The van der Waals surface area contributed by atoms with Gasteiger partial charge in [0.2, 0.25) is 0 Å². The monoisotopic (exact) mass is 547 g/mol. The van der Waals surface area contributed by atoms with Gasteiger partial charge in [0.25, 0.3) is 5.91 Å². The minimum atomic E-state index is -4.48. The van der Waals surface area contributed by atoms with Gasteiger partial charge in [-0.3, -0.25) is 9.48 Å². The fourth-order valence-corrected chi connectivity index (χ4v) is 4.40. The number of rotatable bonds is 7. The molecule has 0 aliphatic carbocycles. The van der Waals surface area contributed by atoms with Gasteiger partial charge in [0.05, 0.1) is 41.8 Å². The van der Waals surface area contributed by atoms with Crippen LogP contribution in [0.1, 0.15) is 55.2 Å². The molecule has 3 aromatic heterocycles. The Hall–Kier alpha value is -3.59. The molecule has 4 rings (SSSR count). The largest absolute Gasteiger partial charge is 0.393 e. The summed E-state index contributed by atoms with van der Waals surface area (Å²) in [5.74, 6) is 5.40. The van der Waals surface area contributed by atoms with Crippen molar-refractivity contribution in [2.24, 2.45) is 0 Å². The lowest BCUT2D eigenvalue weighted by molar-refractivity contribution is -0.127. The summed E-state index contributed by atoms with van der Waals surface area (Å²) in [6.45, 7) is 6.91. The number of nitrogens with one attached hydrogen (secondary N) is 2. The van der Waals surface area contributed by atoms with Crippen molar-refractivity contribution in [3.63, 3.8) is 0 Å². The zero-order chi connectivity index (χ0) is 28.4. The molecule has 0 spiro atoms. The highest BCUT2D eigenvalue weighted by atomic mass is 19.4. The van der Waals surface area contributed by atoms with Crippen LogP contribution in [0.3, 0.4) is 0 Å². The van der Waals surface area contributed by atoms with Crippen molar-refractivity contribution >= 4 is 17.2 Å². The molecule has 1 saturated heterocycles. The molecule has 0 unspecified atom stereocenters. The lowest BCUT2D eigenvalue weighted by Gasteiger charge is -2.33. The van der Waals surface area contributed by atoms with Gasteiger partial charge in [-0.15, -0.1) is 0 Å². The Morgan fingerprint density at radius 3 is 2.72 bits per heavy atom. The minimum Gasteiger partial charge on any atom is -0.364 e. The van der Waals surface area contributed by atoms with E-state index in [1.807, 2.05) is 32.7 Å². The highest BCUT2D eigenvalue weighted by molar-refractivity contribution is 5.93. The van der Waals surface area contributed by atoms with Crippen LogP contribution in [0.4, 0.5) is 23.4 Å². The van der Waals surface area contributed by atoms with E-state index < -0.39 is 30.7 Å². The number of alkyl halides is 4. The molecule has 12 heteroatoms. The second kappa shape index (κ2) is 11.3. The number of nitrogens with zero attached hydrogens (tertiary/aromatic N) is 5. The number of anilines is 1. The number of halogens is 4. The lowest BCUT2D eigenvalue weighted by Crippen LogP contribution is -2.46. The third-order valence-corrected chi connectivity index (χ3v) is 7.09. The van der Waals surface area contributed by atoms with Gasteiger partial charge in [0, 0.05) is 24.8 Å². The summed E-state index contributed by atoms with van der Waals surface area (Å²) in [7, 11) is 1.84. The molecule has 3 aromatic rings. The second-order valence-electron chi connectivity index (χ2n) is 10.5. The number of hydrogen-bond donors (Lipinski definition) is 2. The molecule has 0 bridgehead atoms. The van der Waals surface area contributed by atoms with E-state index >= 15 is 0 Å². The van der Waals surface area contributed by atoms with Crippen LogP contribution in [0.15, 0.2) is 30.6 Å². The lowest BCUT2D eigenvalue weighted by atomic mass is 10.0. The number of carbonyl (C=O) groups excluding carboxylic acids is 1. The molecule has 8 nitrogen and oxygen atoms in total. The van der Waals surface area contributed by atoms with E-state index in [-0.39, 0.29) is 35.4 Å². The van der Waals surface area contributed by atoms with E-state index in [0.717, 1.165) is 6.42 Å². The summed E-state index contributed by atoms with van der Waals surface area (Å²) in [6.07, 6.45) is -2.35. The Bertz CT molecular complexity index is 1380. The maximum absolute atomic E-state index is 14.6. The van der Waals surface area contributed by atoms with Crippen molar-refractivity contribution in [1.82, 2.24) is 29.6 Å². The molecular weight excluding hydrogens is 514 g/mol. The van der Waals surface area contributed by atoms with Crippen molar-refractivity contribution in [3.8, 4) is 11.8 Å². The number of hydrogen-bond acceptors (Lipinski definition) is 5. The van der Waals surface area contributed by atoms with E-state index in [2.05, 4.69) is 32.7 Å². The molecule has 1 amide bonds. The Balaban J connectivity index is 1.54. The summed E-state index contributed by atoms with van der Waals surface area (Å²) < 4.78 is 58.1. The number of carbonyl (C=O) groups is 1. The molecule has 0 radical (unpaired) electrons. The van der Waals surface area contributed by atoms with Crippen LogP contribution >= 0.6 is 0 Å². The van der Waals surface area contributed by atoms with Crippen molar-refractivity contribution in [2.45, 2.75) is 64.0 Å². The van der Waals surface area contributed by atoms with Gasteiger partial charge in [-0.25, -0.2) is 8.91 Å². The highest BCUT2D eigenvalue weighted by Gasteiger charge is 2.32. The minimum absolute atomic E-state index is 0.0477. The van der Waals surface area contributed by atoms with Crippen molar-refractivity contribution in [3.05, 3.63) is 47.4 Å². The van der Waals surface area contributed by atoms with Crippen LogP contribution < -0.4 is 10.6 Å². The first-order chi connectivity index (χ1) is 18.4. The van der Waals surface area contributed by atoms with Crippen LogP contribution in [0.25, 0.3) is 5.52 Å². The van der Waals surface area contributed by atoms with E-state index in [9.17, 15) is 22.4 Å². The molecular formula is C27H33F4N7O. The van der Waals surface area contributed by atoms with Gasteiger partial charge < -0.3 is 15.5 Å². The Morgan fingerprint density at radius 1 is 1.26 bits per heavy atom. The highest BCUT2D eigenvalue weighted by Crippen LogP contribution is 2.29. The first kappa shape index (κ1) is 28.4. The average molecular weight is 548 g/mol. The standard InChI is InChI=1S/C27H33F4N7O/c1-5-26(2,3)37-16-18(15-33-37)25(39)32-12-7-8-21-19(14-27(29,30)31)23-9-6-10-24(38(23)35-21)34-22-11-13-36(4)17-20(22)28/h6,9-10,15-16,20,22,34H,5,11-14,17H2,1-4H3,(H,32,39)/t20-,22+/m0/s1. The van der Waals surface area contributed by atoms with Crippen LogP contribution in [0, 0.1) is 11.8 Å². The molecule has 4 heterocycles. The van der Waals surface area contributed by atoms with Gasteiger partial charge in [-0.05, 0) is 51.8 Å². The van der Waals surface area contributed by atoms with Crippen molar-refractivity contribution < 1.29 is 22.4 Å². The number of likely N-dealkylation sites (tertiary alicyclic amines) is 1. The molecule has 2 atom stereocenters. The van der Waals surface area contributed by atoms with Crippen molar-refractivity contribution in [1.29, 1.82) is 0 Å². The Labute approximate surface area is 224 Å². The molecule has 39 heavy (non-hydrogen) atoms. The van der Waals surface area contributed by atoms with Crippen molar-refractivity contribution in [2.75, 3.05) is 32.0 Å². The van der Waals surface area contributed by atoms with Gasteiger partial charge in [-0.2, -0.15) is 23.4 Å².